The maximum atomic E-state index is 8.88. The molecule has 0 radical (unpaired) electrons. The molecule has 0 spiro atoms. The van der Waals surface area contributed by atoms with E-state index in [9.17, 15) is 0 Å². The zero-order valence-corrected chi connectivity index (χ0v) is 6.26. The van der Waals surface area contributed by atoms with Crippen LogP contribution in [0.3, 0.4) is 0 Å². The first-order chi connectivity index (χ1) is 4.74. The number of imidazole rings is 1. The quantitative estimate of drug-likeness (QED) is 0.655. The van der Waals surface area contributed by atoms with Crippen LogP contribution in [0.5, 0.6) is 5.88 Å². The molecule has 0 fully saturated rings. The van der Waals surface area contributed by atoms with Crippen molar-refractivity contribution < 1.29 is 5.11 Å². The van der Waals surface area contributed by atoms with Crippen LogP contribution in [-0.4, -0.2) is 15.1 Å². The number of nitrogens with zero attached hydrogens (tertiary/aromatic N) is 1. The summed E-state index contributed by atoms with van der Waals surface area (Å²) in [7, 11) is 0. The van der Waals surface area contributed by atoms with E-state index in [1.165, 1.54) is 6.20 Å². The molecule has 1 unspecified atom stereocenters. The number of rotatable bonds is 2. The molecule has 2 N–H and O–H groups in total. The highest BCUT2D eigenvalue weighted by molar-refractivity contribution is 5.07. The van der Waals surface area contributed by atoms with Crippen LogP contribution < -0.4 is 0 Å². The van der Waals surface area contributed by atoms with Crippen molar-refractivity contribution in [3.05, 3.63) is 12.0 Å². The van der Waals surface area contributed by atoms with Gasteiger partial charge in [0, 0.05) is 5.92 Å². The zero-order valence-electron chi connectivity index (χ0n) is 6.26. The summed E-state index contributed by atoms with van der Waals surface area (Å²) in [5.74, 6) is 1.41. The van der Waals surface area contributed by atoms with Crippen molar-refractivity contribution in [2.45, 2.75) is 26.2 Å². The molecule has 0 bridgehead atoms. The fraction of sp³-hybridized carbons (Fsp3) is 0.571. The standard InChI is InChI=1S/C7H12N2O/c1-3-5(2)7-8-4-6(10)9-7/h4-5,10H,3H2,1-2H3,(H,8,9). The number of hydrogen-bond donors (Lipinski definition) is 2. The molecule has 1 aromatic rings. The minimum Gasteiger partial charge on any atom is -0.493 e. The highest BCUT2D eigenvalue weighted by Crippen LogP contribution is 2.16. The molecular formula is C7H12N2O. The molecule has 56 valence electrons. The van der Waals surface area contributed by atoms with Crippen LogP contribution in [-0.2, 0) is 0 Å². The average molecular weight is 140 g/mol. The lowest BCUT2D eigenvalue weighted by Gasteiger charge is -2.01. The highest BCUT2D eigenvalue weighted by Gasteiger charge is 2.05. The van der Waals surface area contributed by atoms with Gasteiger partial charge in [-0.3, -0.25) is 0 Å². The second kappa shape index (κ2) is 2.73. The third-order valence-corrected chi connectivity index (χ3v) is 1.66. The third-order valence-electron chi connectivity index (χ3n) is 1.66. The van der Waals surface area contributed by atoms with Gasteiger partial charge in [-0.05, 0) is 6.42 Å². The van der Waals surface area contributed by atoms with E-state index in [0.29, 0.717) is 5.92 Å². The van der Waals surface area contributed by atoms with E-state index < -0.39 is 0 Å². The predicted molar refractivity (Wildman–Crippen MR) is 39.0 cm³/mol. The molecule has 0 saturated heterocycles. The summed E-state index contributed by atoms with van der Waals surface area (Å²) in [5.41, 5.74) is 0. The van der Waals surface area contributed by atoms with Gasteiger partial charge in [-0.15, -0.1) is 0 Å². The fourth-order valence-electron chi connectivity index (χ4n) is 0.770. The van der Waals surface area contributed by atoms with Gasteiger partial charge < -0.3 is 10.1 Å². The Kier molecular flexibility index (Phi) is 1.94. The first-order valence-electron chi connectivity index (χ1n) is 3.48. The number of aromatic amines is 1. The Labute approximate surface area is 60.1 Å². The molecule has 1 atom stereocenters. The van der Waals surface area contributed by atoms with Crippen molar-refractivity contribution in [3.63, 3.8) is 0 Å². The summed E-state index contributed by atoms with van der Waals surface area (Å²) in [5, 5.41) is 8.88. The second-order valence-electron chi connectivity index (χ2n) is 2.46. The highest BCUT2D eigenvalue weighted by atomic mass is 16.3. The normalized spacial score (nSPS) is 13.4. The number of aromatic nitrogens is 2. The van der Waals surface area contributed by atoms with Gasteiger partial charge in [0.05, 0.1) is 6.20 Å². The van der Waals surface area contributed by atoms with Gasteiger partial charge in [-0.1, -0.05) is 13.8 Å². The number of aromatic hydroxyl groups is 1. The molecule has 3 nitrogen and oxygen atoms in total. The molecule has 1 aromatic heterocycles. The molecule has 1 heterocycles. The van der Waals surface area contributed by atoms with Crippen molar-refractivity contribution in [2.75, 3.05) is 0 Å². The van der Waals surface area contributed by atoms with Crippen LogP contribution in [0.15, 0.2) is 6.20 Å². The molecule has 0 aliphatic carbocycles. The van der Waals surface area contributed by atoms with Gasteiger partial charge in [-0.2, -0.15) is 0 Å². The van der Waals surface area contributed by atoms with Crippen molar-refractivity contribution >= 4 is 0 Å². The SMILES string of the molecule is CCC(C)c1ncc(O)[nH]1. The van der Waals surface area contributed by atoms with Crippen LogP contribution >= 0.6 is 0 Å². The van der Waals surface area contributed by atoms with E-state index >= 15 is 0 Å². The lowest BCUT2D eigenvalue weighted by Crippen LogP contribution is -1.92. The summed E-state index contributed by atoms with van der Waals surface area (Å²) >= 11 is 0. The molecule has 0 aromatic carbocycles. The van der Waals surface area contributed by atoms with Gasteiger partial charge in [0.15, 0.2) is 0 Å². The second-order valence-corrected chi connectivity index (χ2v) is 2.46. The molecule has 0 saturated carbocycles. The van der Waals surface area contributed by atoms with Gasteiger partial charge in [0.1, 0.15) is 5.82 Å². The van der Waals surface area contributed by atoms with Gasteiger partial charge in [0.2, 0.25) is 5.88 Å². The topological polar surface area (TPSA) is 48.9 Å². The molecule has 3 heteroatoms. The number of hydrogen-bond acceptors (Lipinski definition) is 2. The summed E-state index contributed by atoms with van der Waals surface area (Å²) < 4.78 is 0. The lowest BCUT2D eigenvalue weighted by atomic mass is 10.1. The molecular weight excluding hydrogens is 128 g/mol. The first-order valence-corrected chi connectivity index (χ1v) is 3.48. The monoisotopic (exact) mass is 140 g/mol. The number of H-pyrrole nitrogens is 1. The molecule has 1 rings (SSSR count). The van der Waals surface area contributed by atoms with Crippen LogP contribution in [0.25, 0.3) is 0 Å². The Morgan fingerprint density at radius 1 is 1.80 bits per heavy atom. The molecule has 0 amide bonds. The third kappa shape index (κ3) is 1.29. The Hall–Kier alpha value is -0.990. The Balaban J connectivity index is 2.74. The summed E-state index contributed by atoms with van der Waals surface area (Å²) in [6, 6.07) is 0. The van der Waals surface area contributed by atoms with Crippen LogP contribution in [0.1, 0.15) is 32.0 Å². The summed E-state index contributed by atoms with van der Waals surface area (Å²) in [6.45, 7) is 4.16. The Bertz CT molecular complexity index is 207. The van der Waals surface area contributed by atoms with Crippen LogP contribution in [0.2, 0.25) is 0 Å². The minimum atomic E-state index is 0.148. The number of nitrogens with one attached hydrogen (secondary N) is 1. The Morgan fingerprint density at radius 3 is 2.90 bits per heavy atom. The van der Waals surface area contributed by atoms with Gasteiger partial charge in [-0.25, -0.2) is 4.98 Å². The van der Waals surface area contributed by atoms with Crippen molar-refractivity contribution in [3.8, 4) is 5.88 Å². The van der Waals surface area contributed by atoms with E-state index in [2.05, 4.69) is 23.8 Å². The van der Waals surface area contributed by atoms with Crippen molar-refractivity contribution in [1.29, 1.82) is 0 Å². The van der Waals surface area contributed by atoms with Gasteiger partial charge in [0.25, 0.3) is 0 Å². The van der Waals surface area contributed by atoms with Crippen LogP contribution in [0.4, 0.5) is 0 Å². The average Bonchev–Trinajstić information content (AvgIpc) is 2.34. The van der Waals surface area contributed by atoms with E-state index in [1.54, 1.807) is 0 Å². The van der Waals surface area contributed by atoms with Crippen molar-refractivity contribution in [2.24, 2.45) is 0 Å². The van der Waals surface area contributed by atoms with E-state index in [-0.39, 0.29) is 5.88 Å². The van der Waals surface area contributed by atoms with E-state index in [0.717, 1.165) is 12.2 Å². The summed E-state index contributed by atoms with van der Waals surface area (Å²) in [6.07, 6.45) is 2.47. The van der Waals surface area contributed by atoms with Crippen molar-refractivity contribution in [1.82, 2.24) is 9.97 Å². The molecule has 0 aliphatic heterocycles. The summed E-state index contributed by atoms with van der Waals surface area (Å²) in [4.78, 5) is 6.75. The Morgan fingerprint density at radius 2 is 2.50 bits per heavy atom. The lowest BCUT2D eigenvalue weighted by molar-refractivity contribution is 0.454. The maximum Gasteiger partial charge on any atom is 0.208 e. The van der Waals surface area contributed by atoms with Gasteiger partial charge >= 0.3 is 0 Å². The largest absolute Gasteiger partial charge is 0.493 e. The molecule has 10 heavy (non-hydrogen) atoms. The maximum absolute atomic E-state index is 8.88. The zero-order chi connectivity index (χ0) is 7.56. The minimum absolute atomic E-state index is 0.148. The van der Waals surface area contributed by atoms with Crippen LogP contribution in [0, 0.1) is 0 Å². The first kappa shape index (κ1) is 7.12. The smallest absolute Gasteiger partial charge is 0.208 e. The predicted octanol–water partition coefficient (Wildman–Crippen LogP) is 1.63. The van der Waals surface area contributed by atoms with E-state index in [1.807, 2.05) is 0 Å². The van der Waals surface area contributed by atoms with E-state index in [4.69, 9.17) is 5.11 Å². The fourth-order valence-corrected chi connectivity index (χ4v) is 0.770. The molecule has 0 aliphatic rings.